The van der Waals surface area contributed by atoms with Crippen molar-refractivity contribution in [1.82, 2.24) is 15.5 Å². The van der Waals surface area contributed by atoms with E-state index in [1.165, 1.54) is 0 Å². The number of rotatable bonds is 3. The summed E-state index contributed by atoms with van der Waals surface area (Å²) in [4.78, 5) is 25.1. The molecular formula is C15H27N3O3. The standard InChI is InChI=1S/C15H27N3O3/c1-15(2,3)21-14(20)18-6-4-5-11(10-18)8-16-12-7-13(19)17-9-12/h11-12,16H,4-10H2,1-3H3,(H,17,19). The number of carbonyl (C=O) groups is 2. The zero-order chi connectivity index (χ0) is 15.5. The van der Waals surface area contributed by atoms with E-state index in [9.17, 15) is 9.59 Å². The van der Waals surface area contributed by atoms with Crippen LogP contribution in [-0.2, 0) is 9.53 Å². The highest BCUT2D eigenvalue weighted by Gasteiger charge is 2.28. The SMILES string of the molecule is CC(C)(C)OC(=O)N1CCCC(CNC2CNC(=O)C2)C1. The average Bonchev–Trinajstić information content (AvgIpc) is 2.81. The molecule has 0 aromatic rings. The molecule has 0 saturated carbocycles. The largest absolute Gasteiger partial charge is 0.444 e. The molecule has 2 unspecified atom stereocenters. The van der Waals surface area contributed by atoms with Gasteiger partial charge < -0.3 is 20.3 Å². The summed E-state index contributed by atoms with van der Waals surface area (Å²) >= 11 is 0. The van der Waals surface area contributed by atoms with E-state index in [1.807, 2.05) is 20.8 Å². The van der Waals surface area contributed by atoms with Crippen LogP contribution in [0.5, 0.6) is 0 Å². The minimum absolute atomic E-state index is 0.117. The second-order valence-electron chi connectivity index (χ2n) is 7.05. The van der Waals surface area contributed by atoms with Crippen molar-refractivity contribution in [2.24, 2.45) is 5.92 Å². The van der Waals surface area contributed by atoms with Gasteiger partial charge in [-0.2, -0.15) is 0 Å². The van der Waals surface area contributed by atoms with Gasteiger partial charge in [0.15, 0.2) is 0 Å². The van der Waals surface area contributed by atoms with Gasteiger partial charge in [-0.05, 0) is 46.1 Å². The lowest BCUT2D eigenvalue weighted by Crippen LogP contribution is -2.46. The molecule has 21 heavy (non-hydrogen) atoms. The Labute approximate surface area is 126 Å². The molecule has 2 atom stereocenters. The Kier molecular flexibility index (Phi) is 5.08. The van der Waals surface area contributed by atoms with E-state index < -0.39 is 5.60 Å². The number of nitrogens with one attached hydrogen (secondary N) is 2. The van der Waals surface area contributed by atoms with Gasteiger partial charge >= 0.3 is 6.09 Å². The fraction of sp³-hybridized carbons (Fsp3) is 0.867. The van der Waals surface area contributed by atoms with Crippen molar-refractivity contribution in [2.45, 2.75) is 51.7 Å². The van der Waals surface area contributed by atoms with Crippen molar-refractivity contribution in [3.63, 3.8) is 0 Å². The number of carbonyl (C=O) groups excluding carboxylic acids is 2. The molecule has 0 aromatic heterocycles. The Morgan fingerprint density at radius 2 is 2.24 bits per heavy atom. The van der Waals surface area contributed by atoms with Crippen LogP contribution in [0.4, 0.5) is 4.79 Å². The van der Waals surface area contributed by atoms with E-state index >= 15 is 0 Å². The van der Waals surface area contributed by atoms with E-state index in [1.54, 1.807) is 4.90 Å². The first-order valence-corrected chi connectivity index (χ1v) is 7.81. The molecular weight excluding hydrogens is 270 g/mol. The lowest BCUT2D eigenvalue weighted by molar-refractivity contribution is -0.119. The normalized spacial score (nSPS) is 26.6. The summed E-state index contributed by atoms with van der Waals surface area (Å²) in [7, 11) is 0. The van der Waals surface area contributed by atoms with Crippen LogP contribution in [0.1, 0.15) is 40.0 Å². The van der Waals surface area contributed by atoms with Gasteiger partial charge in [0.05, 0.1) is 0 Å². The van der Waals surface area contributed by atoms with E-state index in [0.717, 1.165) is 32.5 Å². The Morgan fingerprint density at radius 1 is 1.48 bits per heavy atom. The number of ether oxygens (including phenoxy) is 1. The first kappa shape index (κ1) is 16.1. The number of hydrogen-bond donors (Lipinski definition) is 2. The first-order valence-electron chi connectivity index (χ1n) is 7.81. The third-order valence-corrected chi connectivity index (χ3v) is 3.84. The van der Waals surface area contributed by atoms with Crippen molar-refractivity contribution in [2.75, 3.05) is 26.2 Å². The second kappa shape index (κ2) is 6.64. The fourth-order valence-electron chi connectivity index (χ4n) is 2.81. The second-order valence-corrected chi connectivity index (χ2v) is 7.05. The van der Waals surface area contributed by atoms with E-state index in [2.05, 4.69) is 10.6 Å². The predicted octanol–water partition coefficient (Wildman–Crippen LogP) is 1.11. The maximum absolute atomic E-state index is 12.1. The zero-order valence-corrected chi connectivity index (χ0v) is 13.3. The fourth-order valence-corrected chi connectivity index (χ4v) is 2.81. The van der Waals surface area contributed by atoms with E-state index in [0.29, 0.717) is 18.9 Å². The van der Waals surface area contributed by atoms with Crippen LogP contribution in [-0.4, -0.2) is 54.7 Å². The van der Waals surface area contributed by atoms with Crippen LogP contribution in [0.2, 0.25) is 0 Å². The predicted molar refractivity (Wildman–Crippen MR) is 79.9 cm³/mol. The van der Waals surface area contributed by atoms with Crippen LogP contribution < -0.4 is 10.6 Å². The van der Waals surface area contributed by atoms with Gasteiger partial charge in [0.1, 0.15) is 5.60 Å². The number of likely N-dealkylation sites (tertiary alicyclic amines) is 1. The molecule has 2 saturated heterocycles. The van der Waals surface area contributed by atoms with E-state index in [-0.39, 0.29) is 18.0 Å². The van der Waals surface area contributed by atoms with Gasteiger partial charge in [-0.3, -0.25) is 4.79 Å². The molecule has 2 N–H and O–H groups in total. The summed E-state index contributed by atoms with van der Waals surface area (Å²) < 4.78 is 5.43. The van der Waals surface area contributed by atoms with Crippen LogP contribution in [0.3, 0.4) is 0 Å². The highest BCUT2D eigenvalue weighted by atomic mass is 16.6. The lowest BCUT2D eigenvalue weighted by atomic mass is 9.98. The first-order chi connectivity index (χ1) is 9.83. The molecule has 2 heterocycles. The monoisotopic (exact) mass is 297 g/mol. The summed E-state index contributed by atoms with van der Waals surface area (Å²) in [6.45, 7) is 8.72. The maximum atomic E-state index is 12.1. The van der Waals surface area contributed by atoms with Crippen molar-refractivity contribution >= 4 is 12.0 Å². The summed E-state index contributed by atoms with van der Waals surface area (Å²) in [6, 6.07) is 0.231. The van der Waals surface area contributed by atoms with Gasteiger partial charge in [-0.25, -0.2) is 4.79 Å². The lowest BCUT2D eigenvalue weighted by Gasteiger charge is -2.34. The molecule has 2 aliphatic rings. The Balaban J connectivity index is 1.75. The van der Waals surface area contributed by atoms with Crippen molar-refractivity contribution in [1.29, 1.82) is 0 Å². The molecule has 0 radical (unpaired) electrons. The number of hydrogen-bond acceptors (Lipinski definition) is 4. The molecule has 0 aliphatic carbocycles. The zero-order valence-electron chi connectivity index (χ0n) is 13.3. The van der Waals surface area contributed by atoms with Crippen LogP contribution in [0.15, 0.2) is 0 Å². The topological polar surface area (TPSA) is 70.7 Å². The van der Waals surface area contributed by atoms with Gasteiger partial charge in [-0.15, -0.1) is 0 Å². The number of nitrogens with zero attached hydrogens (tertiary/aromatic N) is 1. The van der Waals surface area contributed by atoms with Crippen molar-refractivity contribution in [3.8, 4) is 0 Å². The molecule has 6 heteroatoms. The molecule has 2 fully saturated rings. The van der Waals surface area contributed by atoms with Gasteiger partial charge in [-0.1, -0.05) is 0 Å². The van der Waals surface area contributed by atoms with Crippen LogP contribution in [0.25, 0.3) is 0 Å². The van der Waals surface area contributed by atoms with Crippen LogP contribution in [0, 0.1) is 5.92 Å². The quantitative estimate of drug-likeness (QED) is 0.819. The van der Waals surface area contributed by atoms with Gasteiger partial charge in [0, 0.05) is 32.1 Å². The number of piperidine rings is 1. The highest BCUT2D eigenvalue weighted by molar-refractivity contribution is 5.78. The maximum Gasteiger partial charge on any atom is 0.410 e. The Morgan fingerprint density at radius 3 is 2.86 bits per heavy atom. The molecule has 0 spiro atoms. The van der Waals surface area contributed by atoms with Crippen molar-refractivity contribution < 1.29 is 14.3 Å². The molecule has 2 amide bonds. The summed E-state index contributed by atoms with van der Waals surface area (Å²) in [5, 5.41) is 6.25. The molecule has 0 aromatic carbocycles. The molecule has 0 bridgehead atoms. The van der Waals surface area contributed by atoms with Gasteiger partial charge in [0.2, 0.25) is 5.91 Å². The Hall–Kier alpha value is -1.30. The third kappa shape index (κ3) is 5.19. The molecule has 6 nitrogen and oxygen atoms in total. The minimum Gasteiger partial charge on any atom is -0.444 e. The van der Waals surface area contributed by atoms with E-state index in [4.69, 9.17) is 4.74 Å². The third-order valence-electron chi connectivity index (χ3n) is 3.84. The Bertz CT molecular complexity index is 392. The molecule has 2 rings (SSSR count). The highest BCUT2D eigenvalue weighted by Crippen LogP contribution is 2.19. The van der Waals surface area contributed by atoms with Crippen molar-refractivity contribution in [3.05, 3.63) is 0 Å². The minimum atomic E-state index is -0.446. The average molecular weight is 297 g/mol. The molecule has 120 valence electrons. The van der Waals surface area contributed by atoms with Gasteiger partial charge in [0.25, 0.3) is 0 Å². The summed E-state index contributed by atoms with van der Waals surface area (Å²) in [6.07, 6.45) is 2.46. The smallest absolute Gasteiger partial charge is 0.410 e. The summed E-state index contributed by atoms with van der Waals surface area (Å²) in [5.74, 6) is 0.550. The van der Waals surface area contributed by atoms with Crippen LogP contribution >= 0.6 is 0 Å². The summed E-state index contributed by atoms with van der Waals surface area (Å²) in [5.41, 5.74) is -0.446. The molecule has 2 aliphatic heterocycles. The number of amides is 2.